The molecule has 0 aromatic rings. The predicted molar refractivity (Wildman–Crippen MR) is 94.6 cm³/mol. The van der Waals surface area contributed by atoms with Crippen LogP contribution in [-0.2, 0) is 9.78 Å². The van der Waals surface area contributed by atoms with E-state index < -0.39 is 0 Å². The minimum absolute atomic E-state index is 0.742. The van der Waals surface area contributed by atoms with Gasteiger partial charge in [0.05, 0.1) is 68.6 Å². The third-order valence-electron chi connectivity index (χ3n) is 3.70. The standard InChI is InChI=1S/C18H42N2O2/c1-19(2,3)15-11-7-9-13-17-21-22-18-14-10-8-12-16-20(4,5)6/h7-18H2,1-6H3/q+2. The van der Waals surface area contributed by atoms with Gasteiger partial charge in [-0.05, 0) is 38.5 Å². The summed E-state index contributed by atoms with van der Waals surface area (Å²) in [5, 5.41) is 0. The average molecular weight is 319 g/mol. The lowest BCUT2D eigenvalue weighted by Gasteiger charge is -2.23. The van der Waals surface area contributed by atoms with Crippen molar-refractivity contribution in [2.45, 2.75) is 51.4 Å². The normalized spacial score (nSPS) is 12.8. The molecule has 0 aliphatic rings. The fourth-order valence-electron chi connectivity index (χ4n) is 2.32. The SMILES string of the molecule is C[N+](C)(C)CCCCCCOOCCCCCC[N+](C)(C)C. The first-order valence-electron chi connectivity index (χ1n) is 9.06. The Morgan fingerprint density at radius 2 is 0.773 bits per heavy atom. The number of hydrogen-bond acceptors (Lipinski definition) is 2. The summed E-state index contributed by atoms with van der Waals surface area (Å²) in [5.41, 5.74) is 0. The van der Waals surface area contributed by atoms with Gasteiger partial charge in [-0.3, -0.25) is 0 Å². The summed E-state index contributed by atoms with van der Waals surface area (Å²) in [6, 6.07) is 0. The smallest absolute Gasteiger partial charge is 0.0822 e. The second-order valence-electron chi connectivity index (χ2n) is 8.50. The van der Waals surface area contributed by atoms with E-state index in [1.165, 1.54) is 51.6 Å². The summed E-state index contributed by atoms with van der Waals surface area (Å²) in [6.45, 7) is 3.99. The van der Waals surface area contributed by atoms with Gasteiger partial charge in [-0.15, -0.1) is 0 Å². The maximum absolute atomic E-state index is 5.23. The molecule has 0 atom stereocenters. The van der Waals surface area contributed by atoms with Crippen molar-refractivity contribution in [3.63, 3.8) is 0 Å². The van der Waals surface area contributed by atoms with Crippen molar-refractivity contribution in [1.82, 2.24) is 0 Å². The van der Waals surface area contributed by atoms with Crippen LogP contribution < -0.4 is 0 Å². The first-order valence-corrected chi connectivity index (χ1v) is 9.06. The third-order valence-corrected chi connectivity index (χ3v) is 3.70. The van der Waals surface area contributed by atoms with Gasteiger partial charge in [0.25, 0.3) is 0 Å². The van der Waals surface area contributed by atoms with Gasteiger partial charge in [0.2, 0.25) is 0 Å². The van der Waals surface area contributed by atoms with Gasteiger partial charge in [0.1, 0.15) is 0 Å². The summed E-state index contributed by atoms with van der Waals surface area (Å²) >= 11 is 0. The monoisotopic (exact) mass is 318 g/mol. The molecule has 0 heterocycles. The second-order valence-corrected chi connectivity index (χ2v) is 8.50. The molecule has 0 N–H and O–H groups in total. The highest BCUT2D eigenvalue weighted by molar-refractivity contribution is 4.43. The molecule has 4 nitrogen and oxygen atoms in total. The minimum atomic E-state index is 0.742. The zero-order chi connectivity index (χ0) is 16.9. The van der Waals surface area contributed by atoms with Crippen LogP contribution in [0.15, 0.2) is 0 Å². The van der Waals surface area contributed by atoms with Crippen LogP contribution in [0, 0.1) is 0 Å². The van der Waals surface area contributed by atoms with E-state index in [4.69, 9.17) is 9.78 Å². The Kier molecular flexibility index (Phi) is 12.2. The largest absolute Gasteiger partial charge is 0.331 e. The topological polar surface area (TPSA) is 18.5 Å². The number of nitrogens with zero attached hydrogens (tertiary/aromatic N) is 2. The van der Waals surface area contributed by atoms with E-state index in [0.717, 1.165) is 35.0 Å². The second kappa shape index (κ2) is 12.3. The van der Waals surface area contributed by atoms with Crippen molar-refractivity contribution in [3.05, 3.63) is 0 Å². The molecule has 0 amide bonds. The Bertz CT molecular complexity index is 218. The van der Waals surface area contributed by atoms with Crippen LogP contribution in [0.5, 0.6) is 0 Å². The first kappa shape index (κ1) is 21.8. The molecule has 0 spiro atoms. The first-order chi connectivity index (χ1) is 10.2. The van der Waals surface area contributed by atoms with Crippen molar-refractivity contribution in [2.24, 2.45) is 0 Å². The molecule has 0 saturated carbocycles. The molecule has 0 aliphatic carbocycles. The maximum atomic E-state index is 5.23. The molecule has 0 unspecified atom stereocenters. The number of unbranched alkanes of at least 4 members (excludes halogenated alkanes) is 6. The van der Waals surface area contributed by atoms with Crippen LogP contribution in [0.25, 0.3) is 0 Å². The van der Waals surface area contributed by atoms with Gasteiger partial charge in [-0.25, -0.2) is 9.78 Å². The third kappa shape index (κ3) is 19.8. The highest BCUT2D eigenvalue weighted by Crippen LogP contribution is 2.05. The summed E-state index contributed by atoms with van der Waals surface area (Å²) in [7, 11) is 13.5. The molecule has 134 valence electrons. The number of quaternary nitrogens is 2. The molecule has 22 heavy (non-hydrogen) atoms. The Morgan fingerprint density at radius 3 is 1.09 bits per heavy atom. The van der Waals surface area contributed by atoms with Crippen LogP contribution in [0.4, 0.5) is 0 Å². The minimum Gasteiger partial charge on any atom is -0.331 e. The highest BCUT2D eigenvalue weighted by Gasteiger charge is 2.06. The van der Waals surface area contributed by atoms with E-state index in [9.17, 15) is 0 Å². The van der Waals surface area contributed by atoms with Crippen molar-refractivity contribution < 1.29 is 18.7 Å². The zero-order valence-electron chi connectivity index (χ0n) is 16.2. The quantitative estimate of drug-likeness (QED) is 0.199. The molecular weight excluding hydrogens is 276 g/mol. The van der Waals surface area contributed by atoms with Crippen molar-refractivity contribution in [1.29, 1.82) is 0 Å². The Morgan fingerprint density at radius 1 is 0.455 bits per heavy atom. The summed E-state index contributed by atoms with van der Waals surface area (Å²) in [5.74, 6) is 0. The van der Waals surface area contributed by atoms with Crippen LogP contribution in [0.3, 0.4) is 0 Å². The molecule has 0 fully saturated rings. The summed E-state index contributed by atoms with van der Waals surface area (Å²) in [6.07, 6.45) is 9.91. The Hall–Kier alpha value is -0.160. The molecule has 0 aromatic carbocycles. The van der Waals surface area contributed by atoms with E-state index in [1.807, 2.05) is 0 Å². The van der Waals surface area contributed by atoms with Crippen LogP contribution in [-0.4, -0.2) is 77.6 Å². The van der Waals surface area contributed by atoms with Crippen LogP contribution in [0.2, 0.25) is 0 Å². The van der Waals surface area contributed by atoms with Gasteiger partial charge in [-0.2, -0.15) is 0 Å². The average Bonchev–Trinajstić information content (AvgIpc) is 2.36. The van der Waals surface area contributed by atoms with E-state index >= 15 is 0 Å². The molecule has 0 aromatic heterocycles. The summed E-state index contributed by atoms with van der Waals surface area (Å²) in [4.78, 5) is 10.5. The fraction of sp³-hybridized carbons (Fsp3) is 1.00. The van der Waals surface area contributed by atoms with Crippen molar-refractivity contribution >= 4 is 0 Å². The van der Waals surface area contributed by atoms with E-state index in [2.05, 4.69) is 42.3 Å². The molecule has 0 saturated heterocycles. The molecule has 0 radical (unpaired) electrons. The van der Waals surface area contributed by atoms with Gasteiger partial charge in [-0.1, -0.05) is 12.8 Å². The van der Waals surface area contributed by atoms with Gasteiger partial charge >= 0.3 is 0 Å². The van der Waals surface area contributed by atoms with E-state index in [-0.39, 0.29) is 0 Å². The van der Waals surface area contributed by atoms with Crippen LogP contribution >= 0.6 is 0 Å². The molecule has 4 heteroatoms. The predicted octanol–water partition coefficient (Wildman–Crippen LogP) is 3.47. The number of hydrogen-bond donors (Lipinski definition) is 0. The molecule has 0 rings (SSSR count). The van der Waals surface area contributed by atoms with Gasteiger partial charge in [0, 0.05) is 0 Å². The molecule has 0 bridgehead atoms. The van der Waals surface area contributed by atoms with Crippen molar-refractivity contribution in [2.75, 3.05) is 68.6 Å². The lowest BCUT2D eigenvalue weighted by molar-refractivity contribution is -0.870. The number of rotatable bonds is 15. The molecular formula is C18H42N2O2+2. The maximum Gasteiger partial charge on any atom is 0.0822 e. The fourth-order valence-corrected chi connectivity index (χ4v) is 2.32. The Balaban J connectivity index is 3.09. The van der Waals surface area contributed by atoms with Gasteiger partial charge in [0.15, 0.2) is 0 Å². The highest BCUT2D eigenvalue weighted by atomic mass is 17.2. The van der Waals surface area contributed by atoms with E-state index in [1.54, 1.807) is 0 Å². The van der Waals surface area contributed by atoms with Crippen LogP contribution in [0.1, 0.15) is 51.4 Å². The lowest BCUT2D eigenvalue weighted by atomic mass is 10.2. The Labute approximate surface area is 139 Å². The van der Waals surface area contributed by atoms with E-state index in [0.29, 0.717) is 0 Å². The van der Waals surface area contributed by atoms with Crippen molar-refractivity contribution in [3.8, 4) is 0 Å². The van der Waals surface area contributed by atoms with Gasteiger partial charge < -0.3 is 8.97 Å². The zero-order valence-corrected chi connectivity index (χ0v) is 16.2. The summed E-state index contributed by atoms with van der Waals surface area (Å²) < 4.78 is 2.13. The molecule has 0 aliphatic heterocycles. The lowest BCUT2D eigenvalue weighted by Crippen LogP contribution is -2.35.